The van der Waals surface area contributed by atoms with E-state index in [2.05, 4.69) is 38.1 Å². The van der Waals surface area contributed by atoms with Gasteiger partial charge in [-0.2, -0.15) is 0 Å². The summed E-state index contributed by atoms with van der Waals surface area (Å²) in [5, 5.41) is 10.6. The number of hydrogen-bond donors (Lipinski definition) is 1. The van der Waals surface area contributed by atoms with E-state index < -0.39 is 0 Å². The van der Waals surface area contributed by atoms with Crippen LogP contribution in [0.25, 0.3) is 0 Å². The zero-order valence-electron chi connectivity index (χ0n) is 8.40. The van der Waals surface area contributed by atoms with Gasteiger partial charge in [-0.25, -0.2) is 0 Å². The van der Waals surface area contributed by atoms with Crippen LogP contribution in [0.3, 0.4) is 0 Å². The van der Waals surface area contributed by atoms with Crippen LogP contribution in [-0.4, -0.2) is 16.1 Å². The number of amides is 1. The average Bonchev–Trinajstić information content (AvgIpc) is 2.74. The van der Waals surface area contributed by atoms with Gasteiger partial charge in [-0.05, 0) is 47.2 Å². The molecule has 0 radical (unpaired) electrons. The van der Waals surface area contributed by atoms with Crippen LogP contribution in [0.4, 0.5) is 5.13 Å². The molecule has 0 aliphatic rings. The third-order valence-corrected chi connectivity index (χ3v) is 3.78. The fourth-order valence-corrected chi connectivity index (χ4v) is 2.09. The van der Waals surface area contributed by atoms with Crippen molar-refractivity contribution >= 4 is 45.0 Å². The number of benzene rings is 1. The largest absolute Gasteiger partial charge is 0.296 e. The Labute approximate surface area is 110 Å². The molecular weight excluding hydrogens is 337 g/mol. The quantitative estimate of drug-likeness (QED) is 0.852. The lowest BCUT2D eigenvalue weighted by Gasteiger charge is -2.03. The van der Waals surface area contributed by atoms with E-state index in [1.807, 2.05) is 19.1 Å². The Morgan fingerprint density at radius 1 is 1.50 bits per heavy atom. The molecule has 82 valence electrons. The molecule has 1 aromatic carbocycles. The first-order valence-electron chi connectivity index (χ1n) is 4.50. The summed E-state index contributed by atoms with van der Waals surface area (Å²) in [4.78, 5) is 11.8. The van der Waals surface area contributed by atoms with Crippen molar-refractivity contribution in [3.8, 4) is 0 Å². The zero-order chi connectivity index (χ0) is 11.5. The minimum absolute atomic E-state index is 0.158. The number of nitrogens with zero attached hydrogens (tertiary/aromatic N) is 2. The molecule has 1 heterocycles. The van der Waals surface area contributed by atoms with Crippen LogP contribution >= 0.6 is 33.9 Å². The van der Waals surface area contributed by atoms with Crippen molar-refractivity contribution in [2.75, 3.05) is 5.32 Å². The minimum atomic E-state index is -0.158. The summed E-state index contributed by atoms with van der Waals surface area (Å²) in [7, 11) is 0. The first-order chi connectivity index (χ1) is 7.66. The van der Waals surface area contributed by atoms with E-state index in [1.54, 1.807) is 11.6 Å². The van der Waals surface area contributed by atoms with Crippen LogP contribution < -0.4 is 5.32 Å². The SMILES string of the molecule is Cc1ccc(C(=O)Nc2nncs2)cc1I. The Hall–Kier alpha value is -1.02. The maximum Gasteiger partial charge on any atom is 0.257 e. The van der Waals surface area contributed by atoms with Crippen molar-refractivity contribution < 1.29 is 4.79 Å². The molecule has 1 N–H and O–H groups in total. The van der Waals surface area contributed by atoms with Gasteiger partial charge in [0.15, 0.2) is 0 Å². The highest BCUT2D eigenvalue weighted by atomic mass is 127. The second-order valence-corrected chi connectivity index (χ2v) is 5.16. The molecule has 0 spiro atoms. The molecule has 0 fully saturated rings. The number of carbonyl (C=O) groups excluding carboxylic acids is 1. The van der Waals surface area contributed by atoms with Gasteiger partial charge in [0.25, 0.3) is 5.91 Å². The van der Waals surface area contributed by atoms with Crippen LogP contribution in [0.5, 0.6) is 0 Å². The third kappa shape index (κ3) is 2.56. The lowest BCUT2D eigenvalue weighted by atomic mass is 10.1. The van der Waals surface area contributed by atoms with Crippen molar-refractivity contribution in [2.45, 2.75) is 6.92 Å². The summed E-state index contributed by atoms with van der Waals surface area (Å²) in [6.45, 7) is 2.01. The number of rotatable bonds is 2. The van der Waals surface area contributed by atoms with Crippen LogP contribution in [0.2, 0.25) is 0 Å². The van der Waals surface area contributed by atoms with E-state index in [0.29, 0.717) is 10.7 Å². The summed E-state index contributed by atoms with van der Waals surface area (Å²) < 4.78 is 1.07. The van der Waals surface area contributed by atoms with E-state index in [9.17, 15) is 4.79 Å². The highest BCUT2D eigenvalue weighted by Gasteiger charge is 2.08. The molecule has 0 aliphatic carbocycles. The van der Waals surface area contributed by atoms with E-state index in [4.69, 9.17) is 0 Å². The Morgan fingerprint density at radius 3 is 2.94 bits per heavy atom. The van der Waals surface area contributed by atoms with Crippen LogP contribution in [0.15, 0.2) is 23.7 Å². The van der Waals surface area contributed by atoms with Crippen molar-refractivity contribution in [1.82, 2.24) is 10.2 Å². The van der Waals surface area contributed by atoms with E-state index >= 15 is 0 Å². The first-order valence-corrected chi connectivity index (χ1v) is 6.46. The average molecular weight is 345 g/mol. The summed E-state index contributed by atoms with van der Waals surface area (Å²) in [6.07, 6.45) is 0. The molecule has 0 saturated carbocycles. The molecular formula is C10H8IN3OS. The fraction of sp³-hybridized carbons (Fsp3) is 0.100. The molecule has 16 heavy (non-hydrogen) atoms. The molecule has 1 amide bonds. The summed E-state index contributed by atoms with van der Waals surface area (Å²) in [5.41, 5.74) is 3.37. The predicted molar refractivity (Wildman–Crippen MR) is 71.8 cm³/mol. The fourth-order valence-electron chi connectivity index (χ4n) is 1.13. The highest BCUT2D eigenvalue weighted by molar-refractivity contribution is 14.1. The lowest BCUT2D eigenvalue weighted by molar-refractivity contribution is 0.102. The number of carbonyl (C=O) groups is 1. The van der Waals surface area contributed by atoms with Crippen LogP contribution in [0, 0.1) is 10.5 Å². The van der Waals surface area contributed by atoms with Crippen LogP contribution in [-0.2, 0) is 0 Å². The molecule has 0 saturated heterocycles. The second kappa shape index (κ2) is 4.88. The Balaban J connectivity index is 2.18. The van der Waals surface area contributed by atoms with Gasteiger partial charge in [0, 0.05) is 9.13 Å². The molecule has 0 aliphatic heterocycles. The number of aromatic nitrogens is 2. The van der Waals surface area contributed by atoms with Gasteiger partial charge in [-0.3, -0.25) is 10.1 Å². The summed E-state index contributed by atoms with van der Waals surface area (Å²) >= 11 is 3.51. The number of anilines is 1. The maximum absolute atomic E-state index is 11.8. The van der Waals surface area contributed by atoms with E-state index in [1.165, 1.54) is 11.3 Å². The van der Waals surface area contributed by atoms with Gasteiger partial charge in [-0.15, -0.1) is 10.2 Å². The highest BCUT2D eigenvalue weighted by Crippen LogP contribution is 2.15. The van der Waals surface area contributed by atoms with Gasteiger partial charge < -0.3 is 0 Å². The maximum atomic E-state index is 11.8. The minimum Gasteiger partial charge on any atom is -0.296 e. The molecule has 0 atom stereocenters. The third-order valence-electron chi connectivity index (χ3n) is 2.01. The van der Waals surface area contributed by atoms with E-state index in [-0.39, 0.29) is 5.91 Å². The summed E-state index contributed by atoms with van der Waals surface area (Å²) in [5.74, 6) is -0.158. The van der Waals surface area contributed by atoms with E-state index in [0.717, 1.165) is 9.13 Å². The number of hydrogen-bond acceptors (Lipinski definition) is 4. The molecule has 0 unspecified atom stereocenters. The van der Waals surface area contributed by atoms with Crippen molar-refractivity contribution in [2.24, 2.45) is 0 Å². The zero-order valence-corrected chi connectivity index (χ0v) is 11.4. The number of nitrogens with one attached hydrogen (secondary N) is 1. The number of halogens is 1. The monoisotopic (exact) mass is 345 g/mol. The van der Waals surface area contributed by atoms with Gasteiger partial charge >= 0.3 is 0 Å². The van der Waals surface area contributed by atoms with Crippen molar-refractivity contribution in [3.05, 3.63) is 38.4 Å². The first kappa shape index (κ1) is 11.5. The standard InChI is InChI=1S/C10H8IN3OS/c1-6-2-3-7(4-8(6)11)9(15)13-10-14-12-5-16-10/h2-5H,1H3,(H,13,14,15). The second-order valence-electron chi connectivity index (χ2n) is 3.16. The normalized spacial score (nSPS) is 10.1. The smallest absolute Gasteiger partial charge is 0.257 e. The topological polar surface area (TPSA) is 54.9 Å². The summed E-state index contributed by atoms with van der Waals surface area (Å²) in [6, 6.07) is 5.58. The number of aryl methyl sites for hydroxylation is 1. The Morgan fingerprint density at radius 2 is 2.31 bits per heavy atom. The molecule has 0 bridgehead atoms. The molecule has 4 nitrogen and oxygen atoms in total. The lowest BCUT2D eigenvalue weighted by Crippen LogP contribution is -2.12. The van der Waals surface area contributed by atoms with Gasteiger partial charge in [0.2, 0.25) is 5.13 Å². The molecule has 1 aromatic heterocycles. The Bertz CT molecular complexity index is 513. The molecule has 2 rings (SSSR count). The molecule has 6 heteroatoms. The van der Waals surface area contributed by atoms with Gasteiger partial charge in [0.05, 0.1) is 0 Å². The van der Waals surface area contributed by atoms with Gasteiger partial charge in [0.1, 0.15) is 5.51 Å². The molecule has 2 aromatic rings. The Kier molecular flexibility index (Phi) is 3.49. The van der Waals surface area contributed by atoms with Gasteiger partial charge in [-0.1, -0.05) is 17.4 Å². The van der Waals surface area contributed by atoms with Crippen LogP contribution in [0.1, 0.15) is 15.9 Å². The van der Waals surface area contributed by atoms with Crippen molar-refractivity contribution in [3.63, 3.8) is 0 Å². The predicted octanol–water partition coefficient (Wildman–Crippen LogP) is 2.70. The van der Waals surface area contributed by atoms with Crippen molar-refractivity contribution in [1.29, 1.82) is 0 Å².